The van der Waals surface area contributed by atoms with Crippen molar-refractivity contribution in [2.24, 2.45) is 0 Å². The van der Waals surface area contributed by atoms with E-state index in [2.05, 4.69) is 5.32 Å². The van der Waals surface area contributed by atoms with E-state index in [0.29, 0.717) is 29.5 Å². The van der Waals surface area contributed by atoms with Crippen molar-refractivity contribution in [3.05, 3.63) is 29.3 Å². The molecule has 2 aliphatic rings. The summed E-state index contributed by atoms with van der Waals surface area (Å²) in [5, 5.41) is 3.26. The van der Waals surface area contributed by atoms with E-state index in [1.165, 1.54) is 4.31 Å². The second kappa shape index (κ2) is 5.55. The molecular weight excluding hydrogens is 296 g/mol. The van der Waals surface area contributed by atoms with Crippen molar-refractivity contribution in [1.29, 1.82) is 0 Å². The SMILES string of the molecule is O=S1CCN(S(=O)(=O)c2cccc3c2CCNC3)CC1. The summed E-state index contributed by atoms with van der Waals surface area (Å²) in [4.78, 5) is 0.434. The Morgan fingerprint density at radius 3 is 2.70 bits per heavy atom. The van der Waals surface area contributed by atoms with E-state index in [-0.39, 0.29) is 0 Å². The number of hydrogen-bond acceptors (Lipinski definition) is 4. The van der Waals surface area contributed by atoms with Crippen LogP contribution in [0.2, 0.25) is 0 Å². The highest BCUT2D eigenvalue weighted by atomic mass is 32.2. The molecule has 1 saturated heterocycles. The molecule has 1 fully saturated rings. The summed E-state index contributed by atoms with van der Waals surface area (Å²) in [6.07, 6.45) is 0.741. The van der Waals surface area contributed by atoms with Gasteiger partial charge in [0.15, 0.2) is 0 Å². The fraction of sp³-hybridized carbons (Fsp3) is 0.538. The highest BCUT2D eigenvalue weighted by Gasteiger charge is 2.30. The molecule has 2 heterocycles. The maximum Gasteiger partial charge on any atom is 0.243 e. The first kappa shape index (κ1) is 14.2. The molecule has 0 amide bonds. The fourth-order valence-electron chi connectivity index (χ4n) is 2.74. The zero-order valence-corrected chi connectivity index (χ0v) is 12.8. The van der Waals surface area contributed by atoms with Crippen molar-refractivity contribution in [2.45, 2.75) is 17.9 Å². The van der Waals surface area contributed by atoms with Crippen LogP contribution in [0.15, 0.2) is 23.1 Å². The maximum absolute atomic E-state index is 12.8. The van der Waals surface area contributed by atoms with Crippen molar-refractivity contribution in [3.8, 4) is 0 Å². The van der Waals surface area contributed by atoms with Gasteiger partial charge in [0, 0.05) is 41.9 Å². The molecule has 0 aliphatic carbocycles. The van der Waals surface area contributed by atoms with Gasteiger partial charge in [0.25, 0.3) is 0 Å². The van der Waals surface area contributed by atoms with Gasteiger partial charge in [0.05, 0.1) is 4.90 Å². The Bertz CT molecular complexity index is 633. The molecule has 2 aliphatic heterocycles. The summed E-state index contributed by atoms with van der Waals surface area (Å²) >= 11 is 0. The van der Waals surface area contributed by atoms with Gasteiger partial charge in [-0.15, -0.1) is 0 Å². The summed E-state index contributed by atoms with van der Waals surface area (Å²) in [6.45, 7) is 2.25. The number of benzene rings is 1. The number of fused-ring (bicyclic) bond motifs is 1. The normalized spacial score (nSPS) is 21.6. The van der Waals surface area contributed by atoms with Crippen molar-refractivity contribution in [3.63, 3.8) is 0 Å². The minimum Gasteiger partial charge on any atom is -0.312 e. The smallest absolute Gasteiger partial charge is 0.243 e. The zero-order valence-electron chi connectivity index (χ0n) is 11.2. The van der Waals surface area contributed by atoms with Gasteiger partial charge in [0.1, 0.15) is 0 Å². The van der Waals surface area contributed by atoms with Crippen LogP contribution in [-0.2, 0) is 33.8 Å². The van der Waals surface area contributed by atoms with E-state index in [4.69, 9.17) is 0 Å². The van der Waals surface area contributed by atoms with Crippen LogP contribution in [-0.4, -0.2) is 48.1 Å². The molecule has 1 aromatic rings. The lowest BCUT2D eigenvalue weighted by Gasteiger charge is -2.28. The Labute approximate surface area is 121 Å². The first-order valence-corrected chi connectivity index (χ1v) is 9.68. The summed E-state index contributed by atoms with van der Waals surface area (Å²) in [5.41, 5.74) is 2.01. The second-order valence-electron chi connectivity index (χ2n) is 5.07. The van der Waals surface area contributed by atoms with E-state index in [1.54, 1.807) is 12.1 Å². The van der Waals surface area contributed by atoms with Crippen LogP contribution in [0.1, 0.15) is 11.1 Å². The van der Waals surface area contributed by atoms with Crippen molar-refractivity contribution in [1.82, 2.24) is 9.62 Å². The van der Waals surface area contributed by atoms with Crippen LogP contribution < -0.4 is 5.32 Å². The molecule has 0 bridgehead atoms. The van der Waals surface area contributed by atoms with Gasteiger partial charge >= 0.3 is 0 Å². The number of nitrogens with one attached hydrogen (secondary N) is 1. The van der Waals surface area contributed by atoms with Gasteiger partial charge in [-0.2, -0.15) is 4.31 Å². The Morgan fingerprint density at radius 1 is 1.20 bits per heavy atom. The first-order chi connectivity index (χ1) is 9.59. The molecule has 5 nitrogen and oxygen atoms in total. The predicted molar refractivity (Wildman–Crippen MR) is 78.5 cm³/mol. The zero-order chi connectivity index (χ0) is 14.2. The fourth-order valence-corrected chi connectivity index (χ4v) is 5.76. The van der Waals surface area contributed by atoms with Crippen molar-refractivity contribution < 1.29 is 12.6 Å². The minimum atomic E-state index is -3.46. The molecular formula is C13H18N2O3S2. The topological polar surface area (TPSA) is 66.5 Å². The molecule has 110 valence electrons. The third kappa shape index (κ3) is 2.55. The van der Waals surface area contributed by atoms with Crippen LogP contribution >= 0.6 is 0 Å². The molecule has 0 aromatic heterocycles. The molecule has 3 rings (SSSR count). The Morgan fingerprint density at radius 2 is 1.95 bits per heavy atom. The third-order valence-corrected chi connectivity index (χ3v) is 7.11. The van der Waals surface area contributed by atoms with Crippen LogP contribution in [0.3, 0.4) is 0 Å². The lowest BCUT2D eigenvalue weighted by molar-refractivity contribution is 0.437. The molecule has 0 saturated carbocycles. The number of hydrogen-bond donors (Lipinski definition) is 1. The van der Waals surface area contributed by atoms with Gasteiger partial charge in [-0.25, -0.2) is 8.42 Å². The van der Waals surface area contributed by atoms with E-state index in [1.807, 2.05) is 6.07 Å². The summed E-state index contributed by atoms with van der Waals surface area (Å²) in [7, 11) is -4.33. The van der Waals surface area contributed by atoms with Crippen LogP contribution in [0, 0.1) is 0 Å². The van der Waals surface area contributed by atoms with E-state index >= 15 is 0 Å². The van der Waals surface area contributed by atoms with Gasteiger partial charge < -0.3 is 5.32 Å². The third-order valence-electron chi connectivity index (χ3n) is 3.85. The lowest BCUT2D eigenvalue weighted by atomic mass is 10.0. The van der Waals surface area contributed by atoms with Gasteiger partial charge in [-0.1, -0.05) is 12.1 Å². The molecule has 0 atom stereocenters. The van der Waals surface area contributed by atoms with Gasteiger partial charge in [0.2, 0.25) is 10.0 Å². The van der Waals surface area contributed by atoms with Gasteiger partial charge in [-0.3, -0.25) is 4.21 Å². The van der Waals surface area contributed by atoms with E-state index in [0.717, 1.165) is 30.6 Å². The monoisotopic (exact) mass is 314 g/mol. The van der Waals surface area contributed by atoms with Crippen LogP contribution in [0.4, 0.5) is 0 Å². The minimum absolute atomic E-state index is 0.358. The average molecular weight is 314 g/mol. The van der Waals surface area contributed by atoms with Crippen molar-refractivity contribution in [2.75, 3.05) is 31.1 Å². The molecule has 20 heavy (non-hydrogen) atoms. The summed E-state index contributed by atoms with van der Waals surface area (Å²) < 4.78 is 38.4. The van der Waals surface area contributed by atoms with Crippen LogP contribution in [0.25, 0.3) is 0 Å². The van der Waals surface area contributed by atoms with Crippen molar-refractivity contribution >= 4 is 20.8 Å². The second-order valence-corrected chi connectivity index (χ2v) is 8.68. The molecule has 1 N–H and O–H groups in total. The van der Waals surface area contributed by atoms with E-state index in [9.17, 15) is 12.6 Å². The Balaban J connectivity index is 1.97. The van der Waals surface area contributed by atoms with E-state index < -0.39 is 20.8 Å². The average Bonchev–Trinajstić information content (AvgIpc) is 2.47. The highest BCUT2D eigenvalue weighted by molar-refractivity contribution is 7.89. The predicted octanol–water partition coefficient (Wildman–Crippen LogP) is 0.0853. The quantitative estimate of drug-likeness (QED) is 0.840. The molecule has 0 radical (unpaired) electrons. The lowest BCUT2D eigenvalue weighted by Crippen LogP contribution is -2.42. The van der Waals surface area contributed by atoms with Gasteiger partial charge in [-0.05, 0) is 30.2 Å². The summed E-state index contributed by atoms with van der Waals surface area (Å²) in [6, 6.07) is 5.48. The molecule has 0 spiro atoms. The highest BCUT2D eigenvalue weighted by Crippen LogP contribution is 2.26. The summed E-state index contributed by atoms with van der Waals surface area (Å²) in [5.74, 6) is 0.881. The molecule has 0 unspecified atom stereocenters. The Hall–Kier alpha value is -0.760. The standard InChI is InChI=1S/C13H18N2O3S2/c16-19-8-6-15(7-9-19)20(17,18)13-3-1-2-11-10-14-5-4-12(11)13/h1-3,14H,4-10H2. The van der Waals surface area contributed by atoms with Crippen LogP contribution in [0.5, 0.6) is 0 Å². The molecule has 1 aromatic carbocycles. The first-order valence-electron chi connectivity index (χ1n) is 6.75. The maximum atomic E-state index is 12.8. The largest absolute Gasteiger partial charge is 0.312 e. The number of rotatable bonds is 2. The molecule has 7 heteroatoms. The number of sulfonamides is 1. The Kier molecular flexibility index (Phi) is 3.94. The number of nitrogens with zero attached hydrogens (tertiary/aromatic N) is 1.